The van der Waals surface area contributed by atoms with Gasteiger partial charge in [0, 0.05) is 17.3 Å². The zero-order valence-corrected chi connectivity index (χ0v) is 9.01. The predicted octanol–water partition coefficient (Wildman–Crippen LogP) is 2.28. The van der Waals surface area contributed by atoms with E-state index in [1.807, 2.05) is 18.2 Å². The largest absolute Gasteiger partial charge is 0.397 e. The molecule has 0 spiro atoms. The molecule has 0 unspecified atom stereocenters. The summed E-state index contributed by atoms with van der Waals surface area (Å²) >= 11 is 0. The zero-order chi connectivity index (χ0) is 11.7. The number of rotatable bonds is 2. The maximum absolute atomic E-state index is 5.84. The summed E-state index contributed by atoms with van der Waals surface area (Å²) in [6.45, 7) is 0. The molecule has 0 bridgehead atoms. The van der Waals surface area contributed by atoms with Gasteiger partial charge in [-0.05, 0) is 24.3 Å². The minimum atomic E-state index is 0.673. The SMILES string of the molecule is Nc1ccncc1Nc1ccc2[nH]ncc2c1. The molecule has 3 aromatic rings. The maximum Gasteiger partial charge on any atom is 0.0804 e. The first-order valence-corrected chi connectivity index (χ1v) is 5.22. The lowest BCUT2D eigenvalue weighted by molar-refractivity contribution is 1.12. The third kappa shape index (κ3) is 1.78. The molecule has 0 aliphatic rings. The molecule has 2 aromatic heterocycles. The summed E-state index contributed by atoms with van der Waals surface area (Å²) in [5.41, 5.74) is 9.28. The number of nitrogens with zero attached hydrogens (tertiary/aromatic N) is 2. The Morgan fingerprint density at radius 2 is 2.12 bits per heavy atom. The van der Waals surface area contributed by atoms with Crippen LogP contribution in [-0.2, 0) is 0 Å². The van der Waals surface area contributed by atoms with Crippen molar-refractivity contribution < 1.29 is 0 Å². The molecule has 5 nitrogen and oxygen atoms in total. The first kappa shape index (κ1) is 9.65. The van der Waals surface area contributed by atoms with E-state index in [-0.39, 0.29) is 0 Å². The Balaban J connectivity index is 1.97. The number of hydrogen-bond acceptors (Lipinski definition) is 4. The molecule has 0 atom stereocenters. The van der Waals surface area contributed by atoms with Crippen molar-refractivity contribution >= 4 is 28.0 Å². The van der Waals surface area contributed by atoms with Crippen LogP contribution in [0.5, 0.6) is 0 Å². The standard InChI is InChI=1S/C12H11N5/c13-10-3-4-14-7-12(10)16-9-1-2-11-8(5-9)6-15-17-11/h1-7,16H,(H2,13,14)(H,15,17). The Bertz CT molecular complexity index is 659. The van der Waals surface area contributed by atoms with Gasteiger partial charge in [-0.3, -0.25) is 10.1 Å². The van der Waals surface area contributed by atoms with E-state index in [4.69, 9.17) is 5.73 Å². The van der Waals surface area contributed by atoms with Crippen molar-refractivity contribution in [2.75, 3.05) is 11.1 Å². The molecule has 0 aliphatic carbocycles. The molecule has 0 saturated heterocycles. The maximum atomic E-state index is 5.84. The number of pyridine rings is 1. The Kier molecular flexibility index (Phi) is 2.15. The number of aromatic nitrogens is 3. The highest BCUT2D eigenvalue weighted by molar-refractivity contribution is 5.83. The van der Waals surface area contributed by atoms with E-state index in [2.05, 4.69) is 20.5 Å². The van der Waals surface area contributed by atoms with Crippen LogP contribution in [0.4, 0.5) is 17.1 Å². The van der Waals surface area contributed by atoms with Crippen LogP contribution in [-0.4, -0.2) is 15.2 Å². The Morgan fingerprint density at radius 3 is 3.00 bits per heavy atom. The van der Waals surface area contributed by atoms with Gasteiger partial charge in [0.1, 0.15) is 0 Å². The molecule has 1 aromatic carbocycles. The summed E-state index contributed by atoms with van der Waals surface area (Å²) in [6, 6.07) is 7.70. The highest BCUT2D eigenvalue weighted by atomic mass is 15.1. The zero-order valence-electron chi connectivity index (χ0n) is 9.01. The van der Waals surface area contributed by atoms with Crippen LogP contribution in [0.2, 0.25) is 0 Å². The van der Waals surface area contributed by atoms with Gasteiger partial charge in [-0.15, -0.1) is 0 Å². The summed E-state index contributed by atoms with van der Waals surface area (Å²) in [6.07, 6.45) is 5.15. The lowest BCUT2D eigenvalue weighted by Gasteiger charge is -2.08. The van der Waals surface area contributed by atoms with Crippen LogP contribution in [0.25, 0.3) is 10.9 Å². The highest BCUT2D eigenvalue weighted by Crippen LogP contribution is 2.23. The normalized spacial score (nSPS) is 10.6. The summed E-state index contributed by atoms with van der Waals surface area (Å²) in [4.78, 5) is 4.03. The topological polar surface area (TPSA) is 79.6 Å². The van der Waals surface area contributed by atoms with Gasteiger partial charge in [-0.2, -0.15) is 5.10 Å². The van der Waals surface area contributed by atoms with E-state index in [1.54, 1.807) is 24.7 Å². The predicted molar refractivity (Wildman–Crippen MR) is 68.0 cm³/mol. The van der Waals surface area contributed by atoms with Gasteiger partial charge in [-0.25, -0.2) is 0 Å². The molecule has 0 radical (unpaired) electrons. The monoisotopic (exact) mass is 225 g/mol. The van der Waals surface area contributed by atoms with Crippen molar-refractivity contribution in [3.63, 3.8) is 0 Å². The number of fused-ring (bicyclic) bond motifs is 1. The molecule has 4 N–H and O–H groups in total. The Hall–Kier alpha value is -2.56. The van der Waals surface area contributed by atoms with E-state index in [0.29, 0.717) is 5.69 Å². The summed E-state index contributed by atoms with van der Waals surface area (Å²) < 4.78 is 0. The Morgan fingerprint density at radius 1 is 1.18 bits per heavy atom. The first-order valence-electron chi connectivity index (χ1n) is 5.22. The number of H-pyrrole nitrogens is 1. The van der Waals surface area contributed by atoms with E-state index in [0.717, 1.165) is 22.3 Å². The van der Waals surface area contributed by atoms with Crippen LogP contribution >= 0.6 is 0 Å². The van der Waals surface area contributed by atoms with Gasteiger partial charge in [-0.1, -0.05) is 0 Å². The van der Waals surface area contributed by atoms with Gasteiger partial charge in [0.25, 0.3) is 0 Å². The third-order valence-corrected chi connectivity index (χ3v) is 2.57. The van der Waals surface area contributed by atoms with Crippen molar-refractivity contribution in [2.45, 2.75) is 0 Å². The number of nitrogens with two attached hydrogens (primary N) is 1. The third-order valence-electron chi connectivity index (χ3n) is 2.57. The second kappa shape index (κ2) is 3.79. The summed E-state index contributed by atoms with van der Waals surface area (Å²) in [5, 5.41) is 11.2. The number of benzene rings is 1. The fourth-order valence-electron chi connectivity index (χ4n) is 1.69. The Labute approximate surface area is 97.7 Å². The van der Waals surface area contributed by atoms with Gasteiger partial charge >= 0.3 is 0 Å². The minimum absolute atomic E-state index is 0.673. The number of aromatic amines is 1. The molecule has 0 saturated carbocycles. The van der Waals surface area contributed by atoms with E-state index in [1.165, 1.54) is 0 Å². The lowest BCUT2D eigenvalue weighted by atomic mass is 10.2. The van der Waals surface area contributed by atoms with E-state index < -0.39 is 0 Å². The van der Waals surface area contributed by atoms with Gasteiger partial charge in [0.15, 0.2) is 0 Å². The van der Waals surface area contributed by atoms with Crippen molar-refractivity contribution in [3.05, 3.63) is 42.9 Å². The molecule has 3 rings (SSSR count). The molecule has 0 amide bonds. The van der Waals surface area contributed by atoms with Crippen molar-refractivity contribution in [3.8, 4) is 0 Å². The smallest absolute Gasteiger partial charge is 0.0804 e. The van der Waals surface area contributed by atoms with Gasteiger partial charge < -0.3 is 11.1 Å². The number of nitrogens with one attached hydrogen (secondary N) is 2. The molecule has 2 heterocycles. The highest BCUT2D eigenvalue weighted by Gasteiger charge is 2.01. The number of nitrogen functional groups attached to an aromatic ring is 1. The lowest BCUT2D eigenvalue weighted by Crippen LogP contribution is -1.96. The molecular weight excluding hydrogens is 214 g/mol. The second-order valence-electron chi connectivity index (χ2n) is 3.76. The molecular formula is C12H11N5. The first-order chi connectivity index (χ1) is 8.33. The second-order valence-corrected chi connectivity index (χ2v) is 3.76. The van der Waals surface area contributed by atoms with Gasteiger partial charge in [0.2, 0.25) is 0 Å². The van der Waals surface area contributed by atoms with E-state index >= 15 is 0 Å². The van der Waals surface area contributed by atoms with Crippen LogP contribution in [0.1, 0.15) is 0 Å². The van der Waals surface area contributed by atoms with Crippen LogP contribution in [0.3, 0.4) is 0 Å². The average molecular weight is 225 g/mol. The van der Waals surface area contributed by atoms with Crippen LogP contribution in [0, 0.1) is 0 Å². The minimum Gasteiger partial charge on any atom is -0.397 e. The fourth-order valence-corrected chi connectivity index (χ4v) is 1.69. The van der Waals surface area contributed by atoms with Crippen molar-refractivity contribution in [1.82, 2.24) is 15.2 Å². The van der Waals surface area contributed by atoms with E-state index in [9.17, 15) is 0 Å². The summed E-state index contributed by atoms with van der Waals surface area (Å²) in [5.74, 6) is 0. The van der Waals surface area contributed by atoms with Gasteiger partial charge in [0.05, 0.1) is 29.3 Å². The summed E-state index contributed by atoms with van der Waals surface area (Å²) in [7, 11) is 0. The van der Waals surface area contributed by atoms with Crippen LogP contribution < -0.4 is 11.1 Å². The number of anilines is 3. The average Bonchev–Trinajstić information content (AvgIpc) is 2.79. The molecule has 84 valence electrons. The van der Waals surface area contributed by atoms with Crippen molar-refractivity contribution in [2.24, 2.45) is 0 Å². The fraction of sp³-hybridized carbons (Fsp3) is 0. The quantitative estimate of drug-likeness (QED) is 0.625. The number of hydrogen-bond donors (Lipinski definition) is 3. The molecule has 17 heavy (non-hydrogen) atoms. The molecule has 5 heteroatoms. The van der Waals surface area contributed by atoms with Crippen LogP contribution in [0.15, 0.2) is 42.9 Å². The molecule has 0 fully saturated rings. The molecule has 0 aliphatic heterocycles. The van der Waals surface area contributed by atoms with Crippen molar-refractivity contribution in [1.29, 1.82) is 0 Å².